The molecular weight excluding hydrogens is 444 g/mol. The molecule has 0 saturated heterocycles. The number of pyridine rings is 2. The molecule has 0 saturated carbocycles. The van der Waals surface area contributed by atoms with Crippen molar-refractivity contribution in [3.8, 4) is 11.3 Å². The van der Waals surface area contributed by atoms with Crippen molar-refractivity contribution in [2.75, 3.05) is 5.32 Å². The topological polar surface area (TPSA) is 59.3 Å². The number of aryl methyl sites for hydroxylation is 2. The van der Waals surface area contributed by atoms with E-state index in [-0.39, 0.29) is 5.91 Å². The van der Waals surface area contributed by atoms with Crippen LogP contribution in [0.25, 0.3) is 16.9 Å². The average Bonchev–Trinajstić information content (AvgIpc) is 3.27. The van der Waals surface area contributed by atoms with Gasteiger partial charge < -0.3 is 9.72 Å². The molecule has 34 heavy (non-hydrogen) atoms. The maximum atomic E-state index is 13.1. The van der Waals surface area contributed by atoms with Gasteiger partial charge in [0.15, 0.2) is 0 Å². The third-order valence-electron chi connectivity index (χ3n) is 5.74. The lowest BCUT2D eigenvalue weighted by atomic mass is 10.0. The number of benzene rings is 2. The Kier molecular flexibility index (Phi) is 5.86. The SMILES string of the molecule is Cc1cnc(C(=O)Nc2ccc(-c3cn4cccc(C)c4n3)cc2)c(Cc2ccc(Cl)cc2)c1. The fourth-order valence-corrected chi connectivity index (χ4v) is 4.12. The number of anilines is 1. The van der Waals surface area contributed by atoms with Gasteiger partial charge in [-0.2, -0.15) is 0 Å². The number of carbonyl (C=O) groups excluding carboxylic acids is 1. The molecule has 6 heteroatoms. The van der Waals surface area contributed by atoms with Crippen molar-refractivity contribution in [2.45, 2.75) is 20.3 Å². The lowest BCUT2D eigenvalue weighted by Crippen LogP contribution is -2.16. The summed E-state index contributed by atoms with van der Waals surface area (Å²) in [7, 11) is 0. The zero-order valence-corrected chi connectivity index (χ0v) is 19.7. The smallest absolute Gasteiger partial charge is 0.274 e. The first-order chi connectivity index (χ1) is 16.5. The standard InChI is InChI=1S/C28H23ClN4O/c1-18-14-22(15-20-5-9-23(29)10-6-20)26(30-16-18)28(34)31-24-11-7-21(8-12-24)25-17-33-13-3-4-19(2)27(33)32-25/h3-14,16-17H,15H2,1-2H3,(H,31,34). The molecule has 1 amide bonds. The van der Waals surface area contributed by atoms with Gasteiger partial charge in [0.25, 0.3) is 5.91 Å². The van der Waals surface area contributed by atoms with Crippen molar-refractivity contribution in [2.24, 2.45) is 0 Å². The lowest BCUT2D eigenvalue weighted by molar-refractivity contribution is 0.102. The van der Waals surface area contributed by atoms with E-state index >= 15 is 0 Å². The molecule has 0 atom stereocenters. The number of amides is 1. The van der Waals surface area contributed by atoms with Crippen molar-refractivity contribution in [3.63, 3.8) is 0 Å². The Morgan fingerprint density at radius 3 is 2.53 bits per heavy atom. The van der Waals surface area contributed by atoms with Crippen LogP contribution in [0.2, 0.25) is 5.02 Å². The number of hydrogen-bond donors (Lipinski definition) is 1. The maximum Gasteiger partial charge on any atom is 0.274 e. The molecule has 0 spiro atoms. The van der Waals surface area contributed by atoms with Gasteiger partial charge in [0.05, 0.1) is 5.69 Å². The van der Waals surface area contributed by atoms with E-state index in [1.54, 1.807) is 6.20 Å². The fraction of sp³-hybridized carbons (Fsp3) is 0.107. The van der Waals surface area contributed by atoms with Gasteiger partial charge in [-0.15, -0.1) is 0 Å². The molecule has 0 aliphatic heterocycles. The molecule has 168 valence electrons. The number of rotatable bonds is 5. The quantitative estimate of drug-likeness (QED) is 0.321. The second-order valence-corrected chi connectivity index (χ2v) is 8.84. The lowest BCUT2D eigenvalue weighted by Gasteiger charge is -2.11. The summed E-state index contributed by atoms with van der Waals surface area (Å²) in [6, 6.07) is 21.4. The highest BCUT2D eigenvalue weighted by Crippen LogP contribution is 2.23. The molecule has 2 aromatic carbocycles. The van der Waals surface area contributed by atoms with E-state index in [0.717, 1.165) is 39.2 Å². The minimum atomic E-state index is -0.236. The summed E-state index contributed by atoms with van der Waals surface area (Å²) in [6.45, 7) is 4.02. The zero-order valence-electron chi connectivity index (χ0n) is 18.9. The van der Waals surface area contributed by atoms with Crippen LogP contribution in [0.5, 0.6) is 0 Å². The van der Waals surface area contributed by atoms with Crippen LogP contribution in [0.1, 0.15) is 32.7 Å². The second-order valence-electron chi connectivity index (χ2n) is 8.40. The first-order valence-corrected chi connectivity index (χ1v) is 11.4. The molecule has 1 N–H and O–H groups in total. The average molecular weight is 467 g/mol. The Hall–Kier alpha value is -3.96. The van der Waals surface area contributed by atoms with Crippen LogP contribution in [0.15, 0.2) is 85.3 Å². The molecule has 3 heterocycles. The van der Waals surface area contributed by atoms with Gasteiger partial charge in [0.2, 0.25) is 0 Å². The monoisotopic (exact) mass is 466 g/mol. The molecule has 5 aromatic rings. The van der Waals surface area contributed by atoms with E-state index in [0.29, 0.717) is 22.8 Å². The number of aromatic nitrogens is 3. The van der Waals surface area contributed by atoms with Crippen LogP contribution in [0, 0.1) is 13.8 Å². The summed E-state index contributed by atoms with van der Waals surface area (Å²) in [5.74, 6) is -0.236. The predicted molar refractivity (Wildman–Crippen MR) is 137 cm³/mol. The van der Waals surface area contributed by atoms with E-state index in [1.165, 1.54) is 0 Å². The van der Waals surface area contributed by atoms with Crippen LogP contribution in [-0.4, -0.2) is 20.3 Å². The Labute approximate surface area is 203 Å². The van der Waals surface area contributed by atoms with Gasteiger partial charge >= 0.3 is 0 Å². The van der Waals surface area contributed by atoms with Crippen molar-refractivity contribution in [1.29, 1.82) is 0 Å². The van der Waals surface area contributed by atoms with E-state index in [1.807, 2.05) is 97.4 Å². The molecular formula is C28H23ClN4O. The molecule has 0 aliphatic rings. The van der Waals surface area contributed by atoms with Crippen molar-refractivity contribution in [1.82, 2.24) is 14.4 Å². The largest absolute Gasteiger partial charge is 0.321 e. The molecule has 0 radical (unpaired) electrons. The normalized spacial score (nSPS) is 11.0. The Morgan fingerprint density at radius 1 is 1.03 bits per heavy atom. The van der Waals surface area contributed by atoms with E-state index in [4.69, 9.17) is 16.6 Å². The van der Waals surface area contributed by atoms with Crippen molar-refractivity contribution >= 4 is 28.8 Å². The van der Waals surface area contributed by atoms with Crippen LogP contribution in [-0.2, 0) is 6.42 Å². The molecule has 0 fully saturated rings. The molecule has 3 aromatic heterocycles. The first kappa shape index (κ1) is 21.9. The summed E-state index contributed by atoms with van der Waals surface area (Å²) in [5.41, 5.74) is 8.00. The highest BCUT2D eigenvalue weighted by Gasteiger charge is 2.15. The third kappa shape index (κ3) is 4.56. The second kappa shape index (κ2) is 9.12. The molecule has 0 aliphatic carbocycles. The number of carbonyl (C=O) groups is 1. The number of fused-ring (bicyclic) bond motifs is 1. The van der Waals surface area contributed by atoms with Crippen molar-refractivity contribution in [3.05, 3.63) is 118 Å². The third-order valence-corrected chi connectivity index (χ3v) is 5.99. The predicted octanol–water partition coefficient (Wildman–Crippen LogP) is 6.51. The van der Waals surface area contributed by atoms with Crippen LogP contribution in [0.4, 0.5) is 5.69 Å². The van der Waals surface area contributed by atoms with Gasteiger partial charge in [0, 0.05) is 34.9 Å². The molecule has 5 rings (SSSR count). The van der Waals surface area contributed by atoms with E-state index in [2.05, 4.69) is 10.3 Å². The Balaban J connectivity index is 1.36. The van der Waals surface area contributed by atoms with Gasteiger partial charge in [-0.1, -0.05) is 48.0 Å². The fourth-order valence-electron chi connectivity index (χ4n) is 4.00. The van der Waals surface area contributed by atoms with Gasteiger partial charge in [-0.05, 0) is 72.9 Å². The van der Waals surface area contributed by atoms with Crippen LogP contribution in [0.3, 0.4) is 0 Å². The number of hydrogen-bond acceptors (Lipinski definition) is 3. The summed E-state index contributed by atoms with van der Waals surface area (Å²) < 4.78 is 2.02. The molecule has 5 nitrogen and oxygen atoms in total. The van der Waals surface area contributed by atoms with Gasteiger partial charge in [0.1, 0.15) is 11.3 Å². The summed E-state index contributed by atoms with van der Waals surface area (Å²) in [5, 5.41) is 3.67. The molecule has 0 bridgehead atoms. The minimum Gasteiger partial charge on any atom is -0.321 e. The Morgan fingerprint density at radius 2 is 1.79 bits per heavy atom. The van der Waals surface area contributed by atoms with Crippen LogP contribution >= 0.6 is 11.6 Å². The Bertz CT molecular complexity index is 1490. The zero-order chi connectivity index (χ0) is 23.7. The first-order valence-electron chi connectivity index (χ1n) is 11.0. The van der Waals surface area contributed by atoms with Crippen molar-refractivity contribution < 1.29 is 4.79 Å². The summed E-state index contributed by atoms with van der Waals surface area (Å²) >= 11 is 6.01. The highest BCUT2D eigenvalue weighted by atomic mass is 35.5. The summed E-state index contributed by atoms with van der Waals surface area (Å²) in [6.07, 6.45) is 6.31. The summed E-state index contributed by atoms with van der Waals surface area (Å²) in [4.78, 5) is 22.3. The number of nitrogens with one attached hydrogen (secondary N) is 1. The van der Waals surface area contributed by atoms with Crippen LogP contribution < -0.4 is 5.32 Å². The molecule has 0 unspecified atom stereocenters. The number of nitrogens with zero attached hydrogens (tertiary/aromatic N) is 3. The van der Waals surface area contributed by atoms with Gasteiger partial charge in [-0.3, -0.25) is 9.78 Å². The van der Waals surface area contributed by atoms with E-state index in [9.17, 15) is 4.79 Å². The minimum absolute atomic E-state index is 0.236. The van der Waals surface area contributed by atoms with Gasteiger partial charge in [-0.25, -0.2) is 4.98 Å². The number of halogens is 1. The number of imidazole rings is 1. The maximum absolute atomic E-state index is 13.1. The highest BCUT2D eigenvalue weighted by molar-refractivity contribution is 6.30. The van der Waals surface area contributed by atoms with E-state index < -0.39 is 0 Å².